The van der Waals surface area contributed by atoms with Crippen molar-refractivity contribution in [3.63, 3.8) is 0 Å². The van der Waals surface area contributed by atoms with E-state index >= 15 is 0 Å². The Hall–Kier alpha value is -1.61. The van der Waals surface area contributed by atoms with E-state index in [9.17, 15) is 0 Å². The third-order valence-electron chi connectivity index (χ3n) is 3.04. The number of nitrogens with one attached hydrogen (secondary N) is 1. The molecule has 2 aromatic rings. The molecule has 0 spiro atoms. The lowest BCUT2D eigenvalue weighted by atomic mass is 10.1. The number of benzene rings is 1. The van der Waals surface area contributed by atoms with Crippen LogP contribution in [0.2, 0.25) is 0 Å². The van der Waals surface area contributed by atoms with Gasteiger partial charge < -0.3 is 5.32 Å². The minimum Gasteiger partial charge on any atom is -0.307 e. The number of rotatable bonds is 5. The van der Waals surface area contributed by atoms with Gasteiger partial charge in [0, 0.05) is 26.3 Å². The first-order valence-corrected chi connectivity index (χ1v) is 6.05. The summed E-state index contributed by atoms with van der Waals surface area (Å²) in [6, 6.07) is 10.6. The normalized spacial score (nSPS) is 10.7. The number of aryl methyl sites for hydroxylation is 2. The van der Waals surface area contributed by atoms with Crippen LogP contribution >= 0.6 is 0 Å². The van der Waals surface area contributed by atoms with Crippen molar-refractivity contribution in [2.45, 2.75) is 26.4 Å². The fourth-order valence-electron chi connectivity index (χ4n) is 1.97. The monoisotopic (exact) mass is 229 g/mol. The Morgan fingerprint density at radius 3 is 2.53 bits per heavy atom. The molecule has 0 bridgehead atoms. The average Bonchev–Trinajstić information content (AvgIpc) is 2.76. The maximum atomic E-state index is 4.15. The van der Waals surface area contributed by atoms with Crippen LogP contribution in [0.3, 0.4) is 0 Å². The van der Waals surface area contributed by atoms with Gasteiger partial charge in [0.15, 0.2) is 0 Å². The van der Waals surface area contributed by atoms with Gasteiger partial charge in [0.1, 0.15) is 0 Å². The lowest BCUT2D eigenvalue weighted by Crippen LogP contribution is -2.16. The predicted molar refractivity (Wildman–Crippen MR) is 69.6 cm³/mol. The SMILES string of the molecule is CCc1ccccc1CNCc1ccnn1C. The van der Waals surface area contributed by atoms with Crippen LogP contribution in [-0.4, -0.2) is 9.78 Å². The van der Waals surface area contributed by atoms with Crippen LogP contribution in [0.25, 0.3) is 0 Å². The Labute approximate surface area is 102 Å². The van der Waals surface area contributed by atoms with Gasteiger partial charge in [-0.3, -0.25) is 4.68 Å². The molecule has 0 amide bonds. The quantitative estimate of drug-likeness (QED) is 0.852. The van der Waals surface area contributed by atoms with Gasteiger partial charge in [-0.2, -0.15) is 5.10 Å². The number of hydrogen-bond acceptors (Lipinski definition) is 2. The van der Waals surface area contributed by atoms with Crippen LogP contribution in [-0.2, 0) is 26.6 Å². The summed E-state index contributed by atoms with van der Waals surface area (Å²) in [4.78, 5) is 0. The topological polar surface area (TPSA) is 29.9 Å². The van der Waals surface area contributed by atoms with Crippen molar-refractivity contribution in [2.24, 2.45) is 7.05 Å². The van der Waals surface area contributed by atoms with Crippen LogP contribution in [0.4, 0.5) is 0 Å². The molecule has 0 unspecified atom stereocenters. The van der Waals surface area contributed by atoms with Gasteiger partial charge in [-0.15, -0.1) is 0 Å². The first-order valence-electron chi connectivity index (χ1n) is 6.05. The van der Waals surface area contributed by atoms with Gasteiger partial charge in [-0.25, -0.2) is 0 Å². The van der Waals surface area contributed by atoms with Gasteiger partial charge in [0.25, 0.3) is 0 Å². The Morgan fingerprint density at radius 2 is 1.88 bits per heavy atom. The summed E-state index contributed by atoms with van der Waals surface area (Å²) in [5.74, 6) is 0. The summed E-state index contributed by atoms with van der Waals surface area (Å²) in [6.07, 6.45) is 2.92. The molecule has 0 aliphatic rings. The molecule has 1 aromatic carbocycles. The molecule has 1 heterocycles. The zero-order valence-corrected chi connectivity index (χ0v) is 10.5. The number of hydrogen-bond donors (Lipinski definition) is 1. The Bertz CT molecular complexity index is 474. The van der Waals surface area contributed by atoms with E-state index in [0.29, 0.717) is 0 Å². The molecule has 3 nitrogen and oxygen atoms in total. The van der Waals surface area contributed by atoms with Gasteiger partial charge in [-0.05, 0) is 23.6 Å². The van der Waals surface area contributed by atoms with Crippen LogP contribution in [0.1, 0.15) is 23.7 Å². The van der Waals surface area contributed by atoms with E-state index in [1.54, 1.807) is 0 Å². The molecule has 2 rings (SSSR count). The predicted octanol–water partition coefficient (Wildman–Crippen LogP) is 2.27. The van der Waals surface area contributed by atoms with E-state index in [0.717, 1.165) is 19.5 Å². The first kappa shape index (κ1) is 11.9. The molecule has 0 fully saturated rings. The summed E-state index contributed by atoms with van der Waals surface area (Å²) in [7, 11) is 1.97. The molecule has 3 heteroatoms. The highest BCUT2D eigenvalue weighted by molar-refractivity contribution is 5.26. The maximum Gasteiger partial charge on any atom is 0.0518 e. The van der Waals surface area contributed by atoms with E-state index in [1.807, 2.05) is 24.0 Å². The zero-order valence-electron chi connectivity index (χ0n) is 10.5. The van der Waals surface area contributed by atoms with Crippen molar-refractivity contribution in [2.75, 3.05) is 0 Å². The molecule has 90 valence electrons. The summed E-state index contributed by atoms with van der Waals surface area (Å²) >= 11 is 0. The van der Waals surface area contributed by atoms with E-state index in [4.69, 9.17) is 0 Å². The largest absolute Gasteiger partial charge is 0.307 e. The van der Waals surface area contributed by atoms with Gasteiger partial charge in [-0.1, -0.05) is 31.2 Å². The number of aromatic nitrogens is 2. The smallest absolute Gasteiger partial charge is 0.0518 e. The highest BCUT2D eigenvalue weighted by Crippen LogP contribution is 2.09. The minimum absolute atomic E-state index is 0.856. The Balaban J connectivity index is 1.92. The molecular formula is C14H19N3. The van der Waals surface area contributed by atoms with Crippen LogP contribution in [0, 0.1) is 0 Å². The number of nitrogens with zero attached hydrogens (tertiary/aromatic N) is 2. The Kier molecular flexibility index (Phi) is 3.94. The zero-order chi connectivity index (χ0) is 12.1. The summed E-state index contributed by atoms with van der Waals surface area (Å²) in [5.41, 5.74) is 4.01. The molecule has 0 aliphatic heterocycles. The molecule has 17 heavy (non-hydrogen) atoms. The molecule has 0 aliphatic carbocycles. The van der Waals surface area contributed by atoms with Gasteiger partial charge >= 0.3 is 0 Å². The Morgan fingerprint density at radius 1 is 1.12 bits per heavy atom. The highest BCUT2D eigenvalue weighted by Gasteiger charge is 2.01. The molecular weight excluding hydrogens is 210 g/mol. The van der Waals surface area contributed by atoms with Crippen molar-refractivity contribution in [1.82, 2.24) is 15.1 Å². The summed E-state index contributed by atoms with van der Waals surface area (Å²) in [6.45, 7) is 3.96. The minimum atomic E-state index is 0.856. The molecule has 0 saturated heterocycles. The van der Waals surface area contributed by atoms with E-state index in [-0.39, 0.29) is 0 Å². The standard InChI is InChI=1S/C14H19N3/c1-3-12-6-4-5-7-13(12)10-15-11-14-8-9-16-17(14)2/h4-9,15H,3,10-11H2,1-2H3. The summed E-state index contributed by atoms with van der Waals surface area (Å²) < 4.78 is 1.90. The third kappa shape index (κ3) is 2.94. The molecule has 0 radical (unpaired) electrons. The van der Waals surface area contributed by atoms with Gasteiger partial charge in [0.2, 0.25) is 0 Å². The van der Waals surface area contributed by atoms with Crippen molar-refractivity contribution < 1.29 is 0 Å². The van der Waals surface area contributed by atoms with Crippen molar-refractivity contribution in [1.29, 1.82) is 0 Å². The molecule has 0 atom stereocenters. The molecule has 1 aromatic heterocycles. The van der Waals surface area contributed by atoms with Crippen LogP contribution in [0.5, 0.6) is 0 Å². The van der Waals surface area contributed by atoms with E-state index in [1.165, 1.54) is 16.8 Å². The highest BCUT2D eigenvalue weighted by atomic mass is 15.3. The fraction of sp³-hybridized carbons (Fsp3) is 0.357. The van der Waals surface area contributed by atoms with Crippen molar-refractivity contribution in [3.8, 4) is 0 Å². The van der Waals surface area contributed by atoms with Crippen molar-refractivity contribution >= 4 is 0 Å². The second-order valence-electron chi connectivity index (χ2n) is 4.17. The molecule has 0 saturated carbocycles. The second-order valence-corrected chi connectivity index (χ2v) is 4.17. The van der Waals surface area contributed by atoms with Gasteiger partial charge in [0.05, 0.1) is 5.69 Å². The van der Waals surface area contributed by atoms with E-state index < -0.39 is 0 Å². The lowest BCUT2D eigenvalue weighted by Gasteiger charge is -2.09. The average molecular weight is 229 g/mol. The molecule has 1 N–H and O–H groups in total. The third-order valence-corrected chi connectivity index (χ3v) is 3.04. The second kappa shape index (κ2) is 5.64. The first-order chi connectivity index (χ1) is 8.31. The lowest BCUT2D eigenvalue weighted by molar-refractivity contribution is 0.624. The maximum absolute atomic E-state index is 4.15. The van der Waals surface area contributed by atoms with Crippen LogP contribution < -0.4 is 5.32 Å². The van der Waals surface area contributed by atoms with E-state index in [2.05, 4.69) is 41.6 Å². The van der Waals surface area contributed by atoms with Crippen molar-refractivity contribution in [3.05, 3.63) is 53.3 Å². The summed E-state index contributed by atoms with van der Waals surface area (Å²) in [5, 5.41) is 7.61. The fourth-order valence-corrected chi connectivity index (χ4v) is 1.97. The van der Waals surface area contributed by atoms with Crippen LogP contribution in [0.15, 0.2) is 36.5 Å².